The van der Waals surface area contributed by atoms with Crippen LogP contribution in [-0.2, 0) is 4.79 Å². The Morgan fingerprint density at radius 1 is 0.938 bits per heavy atom. The fourth-order valence-electron chi connectivity index (χ4n) is 3.69. The Balaban J connectivity index is 1.69. The molecule has 0 fully saturated rings. The first-order chi connectivity index (χ1) is 15.8. The van der Waals surface area contributed by atoms with E-state index in [1.807, 2.05) is 54.6 Å². The van der Waals surface area contributed by atoms with Gasteiger partial charge in [-0.2, -0.15) is 0 Å². The van der Waals surface area contributed by atoms with E-state index in [4.69, 9.17) is 9.15 Å². The summed E-state index contributed by atoms with van der Waals surface area (Å²) in [5.74, 6) is 2.30. The maximum atomic E-state index is 10.3. The van der Waals surface area contributed by atoms with Gasteiger partial charge in [-0.3, -0.25) is 4.79 Å². The van der Waals surface area contributed by atoms with E-state index < -0.39 is 0 Å². The molecule has 0 saturated carbocycles. The normalized spacial score (nSPS) is 10.8. The lowest BCUT2D eigenvalue weighted by molar-refractivity contribution is -0.109. The van der Waals surface area contributed by atoms with Crippen LogP contribution in [0.1, 0.15) is 19.3 Å². The number of anilines is 1. The molecule has 0 aliphatic rings. The van der Waals surface area contributed by atoms with Crippen molar-refractivity contribution in [3.8, 4) is 28.2 Å². The number of hydrogen-bond acceptors (Lipinski definition) is 6. The number of furan rings is 1. The van der Waals surface area contributed by atoms with Gasteiger partial charge in [0.05, 0.1) is 12.5 Å². The van der Waals surface area contributed by atoms with Gasteiger partial charge in [0.2, 0.25) is 12.1 Å². The van der Waals surface area contributed by atoms with Crippen molar-refractivity contribution in [1.82, 2.24) is 15.3 Å². The molecule has 2 aromatic carbocycles. The number of carbonyl (C=O) groups is 1. The molecule has 0 unspecified atom stereocenters. The number of carbonyl (C=O) groups excluding carboxylic acids is 1. The fourth-order valence-corrected chi connectivity index (χ4v) is 3.69. The Morgan fingerprint density at radius 2 is 1.72 bits per heavy atom. The number of methoxy groups -OCH3 is 1. The van der Waals surface area contributed by atoms with Gasteiger partial charge in [-0.15, -0.1) is 0 Å². The number of rotatable bonds is 11. The zero-order valence-corrected chi connectivity index (χ0v) is 18.0. The molecule has 2 aromatic heterocycles. The number of hydrogen-bond donors (Lipinski definition) is 2. The minimum absolute atomic E-state index is 0.544. The molecular formula is C25H26N4O3. The van der Waals surface area contributed by atoms with Gasteiger partial charge in [0, 0.05) is 24.2 Å². The molecule has 1 amide bonds. The molecule has 2 N–H and O–H groups in total. The van der Waals surface area contributed by atoms with E-state index in [9.17, 15) is 4.79 Å². The van der Waals surface area contributed by atoms with Gasteiger partial charge in [-0.25, -0.2) is 9.97 Å². The summed E-state index contributed by atoms with van der Waals surface area (Å²) in [6, 6.07) is 17.9. The first-order valence-corrected chi connectivity index (χ1v) is 10.7. The summed E-state index contributed by atoms with van der Waals surface area (Å²) >= 11 is 0. The first-order valence-electron chi connectivity index (χ1n) is 10.7. The van der Waals surface area contributed by atoms with Crippen molar-refractivity contribution in [1.29, 1.82) is 0 Å². The molecule has 164 valence electrons. The summed E-state index contributed by atoms with van der Waals surface area (Å²) in [4.78, 5) is 19.3. The van der Waals surface area contributed by atoms with Crippen LogP contribution in [0.2, 0.25) is 0 Å². The van der Waals surface area contributed by atoms with Gasteiger partial charge < -0.3 is 19.8 Å². The number of benzene rings is 2. The minimum Gasteiger partial charge on any atom is -0.497 e. The van der Waals surface area contributed by atoms with Gasteiger partial charge in [0.25, 0.3) is 0 Å². The third-order valence-corrected chi connectivity index (χ3v) is 5.28. The molecule has 0 saturated heterocycles. The Morgan fingerprint density at radius 3 is 2.47 bits per heavy atom. The zero-order valence-electron chi connectivity index (χ0n) is 18.0. The number of aromatic nitrogens is 2. The van der Waals surface area contributed by atoms with Crippen molar-refractivity contribution in [3.63, 3.8) is 0 Å². The highest BCUT2D eigenvalue weighted by atomic mass is 16.5. The third-order valence-electron chi connectivity index (χ3n) is 5.28. The van der Waals surface area contributed by atoms with Crippen molar-refractivity contribution in [2.45, 2.75) is 19.3 Å². The van der Waals surface area contributed by atoms with Crippen LogP contribution in [-0.4, -0.2) is 36.6 Å². The Hall–Kier alpha value is -3.87. The van der Waals surface area contributed by atoms with Crippen LogP contribution in [0.15, 0.2) is 65.3 Å². The number of ether oxygens (including phenoxy) is 1. The summed E-state index contributed by atoms with van der Waals surface area (Å²) in [6.45, 7) is 1.46. The SMILES string of the molecule is COc1ccc(-c2c(-c3ccccc3)oc3ncnc(NCCCCCNC=O)c23)cc1. The number of unbranched alkanes of at least 4 members (excludes halogenated alkanes) is 2. The van der Waals surface area contributed by atoms with Crippen LogP contribution in [0, 0.1) is 0 Å². The molecule has 4 rings (SSSR count). The third kappa shape index (κ3) is 4.72. The van der Waals surface area contributed by atoms with Crippen molar-refractivity contribution < 1.29 is 13.9 Å². The minimum atomic E-state index is 0.544. The summed E-state index contributed by atoms with van der Waals surface area (Å²) < 4.78 is 11.6. The fraction of sp³-hybridized carbons (Fsp3) is 0.240. The smallest absolute Gasteiger partial charge is 0.232 e. The molecule has 0 spiro atoms. The number of fused-ring (bicyclic) bond motifs is 1. The Bertz CT molecular complexity index is 1160. The van der Waals surface area contributed by atoms with Crippen molar-refractivity contribution >= 4 is 23.3 Å². The standard InChI is InChI=1S/C25H26N4O3/c1-31-20-12-10-18(11-13-20)21-22-24(27-15-7-3-6-14-26-17-30)28-16-29-25(22)32-23(21)19-8-4-2-5-9-19/h2,4-5,8-13,16-17H,3,6-7,14-15H2,1H3,(H,26,30)(H,27,28,29). The summed E-state index contributed by atoms with van der Waals surface area (Å²) in [5, 5.41) is 7.00. The van der Waals surface area contributed by atoms with E-state index in [2.05, 4.69) is 20.6 Å². The summed E-state index contributed by atoms with van der Waals surface area (Å²) in [7, 11) is 1.66. The maximum Gasteiger partial charge on any atom is 0.232 e. The molecule has 32 heavy (non-hydrogen) atoms. The van der Waals surface area contributed by atoms with Crippen LogP contribution < -0.4 is 15.4 Å². The van der Waals surface area contributed by atoms with Crippen LogP contribution in [0.25, 0.3) is 33.6 Å². The van der Waals surface area contributed by atoms with E-state index in [1.165, 1.54) is 6.33 Å². The molecule has 0 atom stereocenters. The lowest BCUT2D eigenvalue weighted by Gasteiger charge is -2.09. The van der Waals surface area contributed by atoms with E-state index in [0.717, 1.165) is 71.6 Å². The van der Waals surface area contributed by atoms with Crippen LogP contribution in [0.3, 0.4) is 0 Å². The molecule has 7 nitrogen and oxygen atoms in total. The second-order valence-corrected chi connectivity index (χ2v) is 7.36. The lowest BCUT2D eigenvalue weighted by Crippen LogP contribution is -2.12. The highest BCUT2D eigenvalue weighted by molar-refractivity contribution is 6.05. The van der Waals surface area contributed by atoms with Crippen molar-refractivity contribution in [2.24, 2.45) is 0 Å². The summed E-state index contributed by atoms with van der Waals surface area (Å²) in [5.41, 5.74) is 3.47. The van der Waals surface area contributed by atoms with Crippen LogP contribution >= 0.6 is 0 Å². The zero-order chi connectivity index (χ0) is 22.2. The molecule has 0 bridgehead atoms. The molecule has 4 aromatic rings. The first kappa shape index (κ1) is 21.4. The predicted molar refractivity (Wildman–Crippen MR) is 126 cm³/mol. The maximum absolute atomic E-state index is 10.3. The molecule has 7 heteroatoms. The topological polar surface area (TPSA) is 89.3 Å². The predicted octanol–water partition coefficient (Wildman–Crippen LogP) is 4.89. The second-order valence-electron chi connectivity index (χ2n) is 7.36. The quantitative estimate of drug-likeness (QED) is 0.260. The average molecular weight is 431 g/mol. The monoisotopic (exact) mass is 430 g/mol. The van der Waals surface area contributed by atoms with Gasteiger partial charge >= 0.3 is 0 Å². The molecule has 2 heterocycles. The van der Waals surface area contributed by atoms with E-state index in [1.54, 1.807) is 7.11 Å². The highest BCUT2D eigenvalue weighted by Crippen LogP contribution is 2.42. The molecule has 0 aliphatic heterocycles. The van der Waals surface area contributed by atoms with Gasteiger partial charge in [0.15, 0.2) is 0 Å². The molecule has 0 radical (unpaired) electrons. The molecule has 0 aliphatic carbocycles. The Kier molecular flexibility index (Phi) is 6.97. The summed E-state index contributed by atoms with van der Waals surface area (Å²) in [6.07, 6.45) is 5.18. The van der Waals surface area contributed by atoms with E-state index >= 15 is 0 Å². The number of nitrogens with one attached hydrogen (secondary N) is 2. The van der Waals surface area contributed by atoms with Crippen molar-refractivity contribution in [2.75, 3.05) is 25.5 Å². The lowest BCUT2D eigenvalue weighted by atomic mass is 9.99. The van der Waals surface area contributed by atoms with E-state index in [0.29, 0.717) is 12.3 Å². The number of nitrogens with zero attached hydrogens (tertiary/aromatic N) is 2. The van der Waals surface area contributed by atoms with Gasteiger partial charge in [-0.1, -0.05) is 42.5 Å². The Labute approximate surface area is 186 Å². The largest absolute Gasteiger partial charge is 0.497 e. The average Bonchev–Trinajstić information content (AvgIpc) is 3.24. The highest BCUT2D eigenvalue weighted by Gasteiger charge is 2.22. The van der Waals surface area contributed by atoms with Gasteiger partial charge in [0.1, 0.15) is 23.7 Å². The van der Waals surface area contributed by atoms with Gasteiger partial charge in [-0.05, 0) is 37.0 Å². The second kappa shape index (κ2) is 10.4. The number of amides is 1. The van der Waals surface area contributed by atoms with Crippen LogP contribution in [0.4, 0.5) is 5.82 Å². The van der Waals surface area contributed by atoms with E-state index in [-0.39, 0.29) is 0 Å². The van der Waals surface area contributed by atoms with Crippen LogP contribution in [0.5, 0.6) is 5.75 Å². The van der Waals surface area contributed by atoms with Crippen molar-refractivity contribution in [3.05, 3.63) is 60.9 Å². The molecular weight excluding hydrogens is 404 g/mol.